The van der Waals surface area contributed by atoms with Gasteiger partial charge >= 0.3 is 0 Å². The van der Waals surface area contributed by atoms with Gasteiger partial charge < -0.3 is 14.6 Å². The molecule has 1 N–H and O–H groups in total. The van der Waals surface area contributed by atoms with Crippen molar-refractivity contribution in [3.63, 3.8) is 0 Å². The number of amides is 1. The molecule has 2 rings (SSSR count). The summed E-state index contributed by atoms with van der Waals surface area (Å²) < 4.78 is 6.89. The summed E-state index contributed by atoms with van der Waals surface area (Å²) in [6.45, 7) is 6.11. The van der Waals surface area contributed by atoms with Gasteiger partial charge in [0.15, 0.2) is 0 Å². The zero-order chi connectivity index (χ0) is 14.7. The fourth-order valence-electron chi connectivity index (χ4n) is 2.27. The molecule has 0 aromatic carbocycles. The molecule has 0 unspecified atom stereocenters. The van der Waals surface area contributed by atoms with Crippen molar-refractivity contribution in [1.82, 2.24) is 14.8 Å². The average molecular weight is 320 g/mol. The van der Waals surface area contributed by atoms with Crippen LogP contribution in [0.2, 0.25) is 10.2 Å². The van der Waals surface area contributed by atoms with Gasteiger partial charge in [-0.15, -0.1) is 0 Å². The van der Waals surface area contributed by atoms with Crippen molar-refractivity contribution in [3.8, 4) is 0 Å². The zero-order valence-electron chi connectivity index (χ0n) is 11.7. The van der Waals surface area contributed by atoms with E-state index in [2.05, 4.69) is 10.2 Å². The van der Waals surface area contributed by atoms with E-state index >= 15 is 0 Å². The maximum absolute atomic E-state index is 12.2. The zero-order valence-corrected chi connectivity index (χ0v) is 13.2. The Balaban J connectivity index is 1.91. The third-order valence-corrected chi connectivity index (χ3v) is 4.20. The average Bonchev–Trinajstić information content (AvgIpc) is 2.67. The second-order valence-corrected chi connectivity index (χ2v) is 5.78. The van der Waals surface area contributed by atoms with Crippen molar-refractivity contribution in [2.24, 2.45) is 7.05 Å². The van der Waals surface area contributed by atoms with Crippen molar-refractivity contribution in [1.29, 1.82) is 0 Å². The highest BCUT2D eigenvalue weighted by Crippen LogP contribution is 2.25. The summed E-state index contributed by atoms with van der Waals surface area (Å²) in [6, 6.07) is 1.63. The smallest absolute Gasteiger partial charge is 0.268 e. The first kappa shape index (κ1) is 15.6. The summed E-state index contributed by atoms with van der Waals surface area (Å²) in [5.41, 5.74) is 0.467. The number of hydrogen-bond acceptors (Lipinski definition) is 3. The lowest BCUT2D eigenvalue weighted by molar-refractivity contribution is 0.0342. The number of carbonyl (C=O) groups is 1. The number of hydrogen-bond donors (Lipinski definition) is 1. The highest BCUT2D eigenvalue weighted by atomic mass is 35.5. The molecule has 1 saturated heterocycles. The van der Waals surface area contributed by atoms with Gasteiger partial charge in [0.1, 0.15) is 10.8 Å². The molecule has 1 aliphatic rings. The van der Waals surface area contributed by atoms with E-state index in [9.17, 15) is 4.79 Å². The minimum atomic E-state index is -0.165. The van der Waals surface area contributed by atoms with Gasteiger partial charge in [-0.3, -0.25) is 9.69 Å². The fraction of sp³-hybridized carbons (Fsp3) is 0.615. The second kappa shape index (κ2) is 6.80. The Hall–Kier alpha value is -0.750. The van der Waals surface area contributed by atoms with Crippen molar-refractivity contribution in [3.05, 3.63) is 21.9 Å². The summed E-state index contributed by atoms with van der Waals surface area (Å²) in [6.07, 6.45) is 0. The van der Waals surface area contributed by atoms with E-state index in [1.165, 1.54) is 0 Å². The van der Waals surface area contributed by atoms with Crippen LogP contribution in [0.5, 0.6) is 0 Å². The molecular formula is C13H19Cl2N3O2. The van der Waals surface area contributed by atoms with Crippen LogP contribution in [0.3, 0.4) is 0 Å². The highest BCUT2D eigenvalue weighted by Gasteiger charge is 2.19. The Kier molecular flexibility index (Phi) is 5.32. The minimum Gasteiger partial charge on any atom is -0.379 e. The molecule has 0 aliphatic carbocycles. The van der Waals surface area contributed by atoms with Crippen LogP contribution in [-0.4, -0.2) is 54.3 Å². The van der Waals surface area contributed by atoms with E-state index in [4.69, 9.17) is 27.9 Å². The molecule has 1 atom stereocenters. The summed E-state index contributed by atoms with van der Waals surface area (Å²) in [4.78, 5) is 14.5. The predicted molar refractivity (Wildman–Crippen MR) is 79.6 cm³/mol. The first-order valence-corrected chi connectivity index (χ1v) is 7.36. The number of nitrogens with one attached hydrogen (secondary N) is 1. The number of nitrogens with zero attached hydrogens (tertiary/aromatic N) is 2. The van der Waals surface area contributed by atoms with Crippen LogP contribution in [0.15, 0.2) is 6.07 Å². The maximum Gasteiger partial charge on any atom is 0.268 e. The lowest BCUT2D eigenvalue weighted by atomic mass is 10.2. The van der Waals surface area contributed by atoms with Crippen LogP contribution in [0.25, 0.3) is 0 Å². The van der Waals surface area contributed by atoms with Crippen LogP contribution in [0.4, 0.5) is 0 Å². The SMILES string of the molecule is C[C@H](CN1CCOCC1)NC(=O)c1cc(Cl)c(Cl)n1C. The largest absolute Gasteiger partial charge is 0.379 e. The Morgan fingerprint density at radius 2 is 2.10 bits per heavy atom. The topological polar surface area (TPSA) is 46.5 Å². The molecule has 1 amide bonds. The second-order valence-electron chi connectivity index (χ2n) is 5.01. The van der Waals surface area contributed by atoms with Gasteiger partial charge in [-0.1, -0.05) is 23.2 Å². The number of ether oxygens (including phenoxy) is 1. The molecule has 1 aliphatic heterocycles. The summed E-state index contributed by atoms with van der Waals surface area (Å²) in [5, 5.41) is 3.73. The summed E-state index contributed by atoms with van der Waals surface area (Å²) >= 11 is 11.9. The molecule has 1 aromatic rings. The lowest BCUT2D eigenvalue weighted by Crippen LogP contribution is -2.46. The maximum atomic E-state index is 12.2. The van der Waals surface area contributed by atoms with Gasteiger partial charge in [-0.05, 0) is 13.0 Å². The van der Waals surface area contributed by atoms with Crippen LogP contribution in [0, 0.1) is 0 Å². The minimum absolute atomic E-state index is 0.0491. The van der Waals surface area contributed by atoms with Crippen molar-refractivity contribution in [2.45, 2.75) is 13.0 Å². The highest BCUT2D eigenvalue weighted by molar-refractivity contribution is 6.41. The number of aromatic nitrogens is 1. The monoisotopic (exact) mass is 319 g/mol. The van der Waals surface area contributed by atoms with Gasteiger partial charge in [0.05, 0.1) is 18.2 Å². The molecule has 0 radical (unpaired) electrons. The molecular weight excluding hydrogens is 301 g/mol. The molecule has 7 heteroatoms. The summed E-state index contributed by atoms with van der Waals surface area (Å²) in [5.74, 6) is -0.165. The Morgan fingerprint density at radius 1 is 1.45 bits per heavy atom. The van der Waals surface area contributed by atoms with Gasteiger partial charge in [0, 0.05) is 32.7 Å². The number of rotatable bonds is 4. The lowest BCUT2D eigenvalue weighted by Gasteiger charge is -2.29. The number of halogens is 2. The van der Waals surface area contributed by atoms with E-state index in [1.807, 2.05) is 6.92 Å². The molecule has 1 fully saturated rings. The standard InChI is InChI=1S/C13H19Cl2N3O2/c1-9(8-18-3-5-20-6-4-18)16-13(19)11-7-10(14)12(15)17(11)2/h7,9H,3-6,8H2,1-2H3,(H,16,19)/t9-/m1/s1. The molecule has 2 heterocycles. The van der Waals surface area contributed by atoms with Crippen molar-refractivity contribution >= 4 is 29.1 Å². The van der Waals surface area contributed by atoms with Gasteiger partial charge in [-0.2, -0.15) is 0 Å². The Bertz CT molecular complexity index is 484. The Labute approximate surface area is 128 Å². The first-order valence-electron chi connectivity index (χ1n) is 6.60. The fourth-order valence-corrected chi connectivity index (χ4v) is 2.65. The van der Waals surface area contributed by atoms with Crippen LogP contribution >= 0.6 is 23.2 Å². The first-order chi connectivity index (χ1) is 9.49. The molecule has 112 valence electrons. The van der Waals surface area contributed by atoms with E-state index < -0.39 is 0 Å². The van der Waals surface area contributed by atoms with Crippen LogP contribution in [0.1, 0.15) is 17.4 Å². The van der Waals surface area contributed by atoms with E-state index in [0.29, 0.717) is 15.9 Å². The van der Waals surface area contributed by atoms with Crippen LogP contribution < -0.4 is 5.32 Å². The molecule has 0 bridgehead atoms. The molecule has 1 aromatic heterocycles. The van der Waals surface area contributed by atoms with Crippen molar-refractivity contribution < 1.29 is 9.53 Å². The summed E-state index contributed by atoms with van der Waals surface area (Å²) in [7, 11) is 1.72. The quantitative estimate of drug-likeness (QED) is 0.920. The third-order valence-electron chi connectivity index (χ3n) is 3.36. The molecule has 20 heavy (non-hydrogen) atoms. The van der Waals surface area contributed by atoms with Crippen LogP contribution in [-0.2, 0) is 11.8 Å². The van der Waals surface area contributed by atoms with E-state index in [1.54, 1.807) is 17.7 Å². The number of morpholine rings is 1. The number of carbonyl (C=O) groups excluding carboxylic acids is 1. The normalized spacial score (nSPS) is 18.0. The molecule has 0 spiro atoms. The van der Waals surface area contributed by atoms with E-state index in [-0.39, 0.29) is 11.9 Å². The van der Waals surface area contributed by atoms with E-state index in [0.717, 1.165) is 32.8 Å². The van der Waals surface area contributed by atoms with Gasteiger partial charge in [0.25, 0.3) is 5.91 Å². The van der Waals surface area contributed by atoms with Gasteiger partial charge in [-0.25, -0.2) is 0 Å². The predicted octanol–water partition coefficient (Wildman–Crippen LogP) is 1.78. The third kappa shape index (κ3) is 3.67. The van der Waals surface area contributed by atoms with Crippen molar-refractivity contribution in [2.75, 3.05) is 32.8 Å². The van der Waals surface area contributed by atoms with Gasteiger partial charge in [0.2, 0.25) is 0 Å². The molecule has 0 saturated carbocycles. The molecule has 5 nitrogen and oxygen atoms in total. The Morgan fingerprint density at radius 3 is 2.65 bits per heavy atom.